The van der Waals surface area contributed by atoms with Crippen LogP contribution in [0, 0.1) is 0 Å². The van der Waals surface area contributed by atoms with Gasteiger partial charge in [0.25, 0.3) is 0 Å². The molecule has 4 aromatic rings. The van der Waals surface area contributed by atoms with Crippen LogP contribution in [0.4, 0.5) is 11.5 Å². The van der Waals surface area contributed by atoms with Crippen LogP contribution >= 0.6 is 0 Å². The lowest BCUT2D eigenvalue weighted by atomic mass is 10.0. The number of hydrogen-bond acceptors (Lipinski definition) is 5. The Morgan fingerprint density at radius 2 is 1.92 bits per heavy atom. The minimum atomic E-state index is -0.121. The van der Waals surface area contributed by atoms with Crippen molar-refractivity contribution < 1.29 is 9.21 Å². The molecule has 2 heterocycles. The number of para-hydroxylation sites is 2. The molecule has 0 spiro atoms. The summed E-state index contributed by atoms with van der Waals surface area (Å²) in [6, 6.07) is 16.9. The highest BCUT2D eigenvalue weighted by Crippen LogP contribution is 2.31. The molecule has 0 saturated heterocycles. The van der Waals surface area contributed by atoms with E-state index in [4.69, 9.17) is 10.2 Å². The van der Waals surface area contributed by atoms with E-state index in [1.165, 1.54) is 6.92 Å². The molecular formula is C20H16N4O2. The van der Waals surface area contributed by atoms with Gasteiger partial charge in [-0.3, -0.25) is 4.79 Å². The molecule has 3 N–H and O–H groups in total. The van der Waals surface area contributed by atoms with Gasteiger partial charge in [-0.1, -0.05) is 24.3 Å². The zero-order valence-electron chi connectivity index (χ0n) is 14.1. The molecule has 0 aliphatic rings. The summed E-state index contributed by atoms with van der Waals surface area (Å²) >= 11 is 0. The van der Waals surface area contributed by atoms with Crippen LogP contribution in [0.15, 0.2) is 65.2 Å². The third-order valence-corrected chi connectivity index (χ3v) is 3.96. The van der Waals surface area contributed by atoms with Crippen molar-refractivity contribution in [3.05, 3.63) is 60.8 Å². The Hall–Kier alpha value is -3.67. The number of oxazole rings is 1. The lowest BCUT2D eigenvalue weighted by molar-refractivity contribution is -0.114. The van der Waals surface area contributed by atoms with Gasteiger partial charge in [-0.2, -0.15) is 0 Å². The number of rotatable bonds is 3. The third kappa shape index (κ3) is 3.00. The highest BCUT2D eigenvalue weighted by molar-refractivity contribution is 5.90. The second-order valence-corrected chi connectivity index (χ2v) is 5.91. The van der Waals surface area contributed by atoms with Gasteiger partial charge in [0.2, 0.25) is 11.8 Å². The summed E-state index contributed by atoms with van der Waals surface area (Å²) in [5, 5.41) is 2.78. The maximum absolute atomic E-state index is 11.3. The van der Waals surface area contributed by atoms with Crippen molar-refractivity contribution in [2.24, 2.45) is 0 Å². The zero-order chi connectivity index (χ0) is 18.1. The first-order valence-corrected chi connectivity index (χ1v) is 8.09. The second kappa shape index (κ2) is 6.33. The van der Waals surface area contributed by atoms with E-state index in [1.807, 2.05) is 54.6 Å². The lowest BCUT2D eigenvalue weighted by Crippen LogP contribution is -2.05. The summed E-state index contributed by atoms with van der Waals surface area (Å²) in [4.78, 5) is 20.0. The molecule has 2 aromatic heterocycles. The van der Waals surface area contributed by atoms with Gasteiger partial charge in [0.05, 0.1) is 5.56 Å². The minimum Gasteiger partial charge on any atom is -0.436 e. The monoisotopic (exact) mass is 344 g/mol. The first kappa shape index (κ1) is 15.8. The molecule has 0 aliphatic heterocycles. The van der Waals surface area contributed by atoms with Crippen LogP contribution in [0.1, 0.15) is 6.92 Å². The maximum Gasteiger partial charge on any atom is 0.231 e. The number of anilines is 2. The molecule has 4 rings (SSSR count). The number of nitrogens with zero attached hydrogens (tertiary/aromatic N) is 2. The van der Waals surface area contributed by atoms with Crippen molar-refractivity contribution in [1.82, 2.24) is 9.97 Å². The fourth-order valence-electron chi connectivity index (χ4n) is 2.77. The van der Waals surface area contributed by atoms with Gasteiger partial charge in [0, 0.05) is 24.4 Å². The van der Waals surface area contributed by atoms with E-state index in [2.05, 4.69) is 15.3 Å². The van der Waals surface area contributed by atoms with Gasteiger partial charge in [-0.15, -0.1) is 0 Å². The van der Waals surface area contributed by atoms with E-state index in [9.17, 15) is 4.79 Å². The fraction of sp³-hybridized carbons (Fsp3) is 0.0500. The molecule has 0 aliphatic carbocycles. The highest BCUT2D eigenvalue weighted by atomic mass is 16.3. The Balaban J connectivity index is 1.78. The van der Waals surface area contributed by atoms with E-state index in [-0.39, 0.29) is 5.91 Å². The molecule has 0 saturated carbocycles. The highest BCUT2D eigenvalue weighted by Gasteiger charge is 2.13. The SMILES string of the molecule is CC(=O)Nc1cccc(-c2cnc(N)c(-c3nc4ccccc4o3)c2)c1. The van der Waals surface area contributed by atoms with Crippen molar-refractivity contribution >= 4 is 28.5 Å². The molecule has 0 bridgehead atoms. The number of nitrogens with one attached hydrogen (secondary N) is 1. The number of carbonyl (C=O) groups is 1. The fourth-order valence-corrected chi connectivity index (χ4v) is 2.77. The number of hydrogen-bond donors (Lipinski definition) is 2. The number of nitrogen functional groups attached to an aromatic ring is 1. The van der Waals surface area contributed by atoms with Gasteiger partial charge >= 0.3 is 0 Å². The van der Waals surface area contributed by atoms with Gasteiger partial charge in [-0.25, -0.2) is 9.97 Å². The standard InChI is InChI=1S/C20H16N4O2/c1-12(25)23-15-6-4-5-13(9-15)14-10-16(19(21)22-11-14)20-24-17-7-2-3-8-18(17)26-20/h2-11H,1H3,(H2,21,22)(H,23,25). The quantitative estimate of drug-likeness (QED) is 0.583. The summed E-state index contributed by atoms with van der Waals surface area (Å²) < 4.78 is 5.81. The minimum absolute atomic E-state index is 0.121. The van der Waals surface area contributed by atoms with Crippen LogP contribution in [-0.4, -0.2) is 15.9 Å². The summed E-state index contributed by atoms with van der Waals surface area (Å²) in [7, 11) is 0. The Bertz CT molecular complexity index is 1080. The van der Waals surface area contributed by atoms with Crippen molar-refractivity contribution in [1.29, 1.82) is 0 Å². The molecule has 0 unspecified atom stereocenters. The number of aromatic nitrogens is 2. The molecule has 6 heteroatoms. The van der Waals surface area contributed by atoms with Crippen molar-refractivity contribution in [2.75, 3.05) is 11.1 Å². The largest absolute Gasteiger partial charge is 0.436 e. The smallest absolute Gasteiger partial charge is 0.231 e. The molecular weight excluding hydrogens is 328 g/mol. The predicted octanol–water partition coefficient (Wildman–Crippen LogP) is 4.10. The van der Waals surface area contributed by atoms with E-state index in [1.54, 1.807) is 6.20 Å². The third-order valence-electron chi connectivity index (χ3n) is 3.96. The van der Waals surface area contributed by atoms with Crippen LogP contribution in [0.3, 0.4) is 0 Å². The van der Waals surface area contributed by atoms with Gasteiger partial charge in [0.1, 0.15) is 11.3 Å². The molecule has 2 aromatic carbocycles. The number of benzene rings is 2. The average Bonchev–Trinajstić information content (AvgIpc) is 3.05. The van der Waals surface area contributed by atoms with E-state index in [0.29, 0.717) is 22.9 Å². The van der Waals surface area contributed by atoms with Crippen LogP contribution in [-0.2, 0) is 4.79 Å². The molecule has 6 nitrogen and oxygen atoms in total. The van der Waals surface area contributed by atoms with Crippen LogP contribution < -0.4 is 11.1 Å². The Kier molecular flexibility index (Phi) is 3.85. The maximum atomic E-state index is 11.3. The van der Waals surface area contributed by atoms with Crippen LogP contribution in [0.5, 0.6) is 0 Å². The molecule has 0 fully saturated rings. The lowest BCUT2D eigenvalue weighted by Gasteiger charge is -2.08. The van der Waals surface area contributed by atoms with E-state index in [0.717, 1.165) is 22.3 Å². The first-order chi connectivity index (χ1) is 12.6. The molecule has 0 radical (unpaired) electrons. The van der Waals surface area contributed by atoms with Crippen LogP contribution in [0.2, 0.25) is 0 Å². The van der Waals surface area contributed by atoms with Crippen LogP contribution in [0.25, 0.3) is 33.7 Å². The summed E-state index contributed by atoms with van der Waals surface area (Å²) in [6.07, 6.45) is 1.69. The predicted molar refractivity (Wildman–Crippen MR) is 101 cm³/mol. The van der Waals surface area contributed by atoms with E-state index < -0.39 is 0 Å². The van der Waals surface area contributed by atoms with Gasteiger partial charge in [0.15, 0.2) is 5.58 Å². The van der Waals surface area contributed by atoms with Crippen molar-refractivity contribution in [3.63, 3.8) is 0 Å². The van der Waals surface area contributed by atoms with Gasteiger partial charge < -0.3 is 15.5 Å². The van der Waals surface area contributed by atoms with Crippen molar-refractivity contribution in [3.8, 4) is 22.6 Å². The Morgan fingerprint density at radius 1 is 1.08 bits per heavy atom. The Morgan fingerprint density at radius 3 is 2.73 bits per heavy atom. The Labute approximate surface area is 149 Å². The average molecular weight is 344 g/mol. The summed E-state index contributed by atoms with van der Waals surface area (Å²) in [6.45, 7) is 1.47. The topological polar surface area (TPSA) is 94.0 Å². The number of carbonyl (C=O) groups excluding carboxylic acids is 1. The number of pyridine rings is 1. The zero-order valence-corrected chi connectivity index (χ0v) is 14.1. The van der Waals surface area contributed by atoms with Gasteiger partial charge in [-0.05, 0) is 35.9 Å². The number of nitrogens with two attached hydrogens (primary N) is 1. The number of fused-ring (bicyclic) bond motifs is 1. The summed E-state index contributed by atoms with van der Waals surface area (Å²) in [5.74, 6) is 0.652. The second-order valence-electron chi connectivity index (χ2n) is 5.91. The first-order valence-electron chi connectivity index (χ1n) is 8.09. The number of amides is 1. The van der Waals surface area contributed by atoms with Crippen molar-refractivity contribution in [2.45, 2.75) is 6.92 Å². The summed E-state index contributed by atoms with van der Waals surface area (Å²) in [5.41, 5.74) is 10.6. The molecule has 26 heavy (non-hydrogen) atoms. The van der Waals surface area contributed by atoms with E-state index >= 15 is 0 Å². The molecule has 128 valence electrons. The molecule has 1 amide bonds. The molecule has 0 atom stereocenters. The normalized spacial score (nSPS) is 10.8.